The second-order valence-electron chi connectivity index (χ2n) is 13.1. The summed E-state index contributed by atoms with van der Waals surface area (Å²) in [6.07, 6.45) is 1.66. The van der Waals surface area contributed by atoms with E-state index < -0.39 is 65.7 Å². The highest BCUT2D eigenvalue weighted by Crippen LogP contribution is 2.15. The predicted molar refractivity (Wildman–Crippen MR) is 196 cm³/mol. The Hall–Kier alpha value is -5.47. The Morgan fingerprint density at radius 3 is 1.54 bits per heavy atom. The quantitative estimate of drug-likeness (QED) is 0.0744. The van der Waals surface area contributed by atoms with E-state index in [1.807, 2.05) is 30.3 Å². The van der Waals surface area contributed by atoms with Gasteiger partial charge in [0.05, 0.1) is 6.04 Å². The van der Waals surface area contributed by atoms with Crippen molar-refractivity contribution < 1.29 is 34.2 Å². The lowest BCUT2D eigenvalue weighted by atomic mass is 9.99. The summed E-state index contributed by atoms with van der Waals surface area (Å²) in [7, 11) is 0. The minimum atomic E-state index is -1.20. The van der Waals surface area contributed by atoms with Crippen molar-refractivity contribution in [2.24, 2.45) is 23.1 Å². The molecule has 0 bridgehead atoms. The van der Waals surface area contributed by atoms with Gasteiger partial charge in [-0.1, -0.05) is 68.4 Å². The smallest absolute Gasteiger partial charge is 0.243 e. The van der Waals surface area contributed by atoms with Gasteiger partial charge in [-0.3, -0.25) is 24.0 Å². The minimum Gasteiger partial charge on any atom is -0.508 e. The van der Waals surface area contributed by atoms with Crippen LogP contribution in [0.4, 0.5) is 0 Å². The van der Waals surface area contributed by atoms with Crippen LogP contribution in [0.15, 0.2) is 78.9 Å². The Balaban J connectivity index is 1.83. The molecule has 3 aromatic carbocycles. The number of benzene rings is 3. The van der Waals surface area contributed by atoms with E-state index in [1.165, 1.54) is 24.3 Å². The van der Waals surface area contributed by atoms with Crippen LogP contribution in [0.2, 0.25) is 0 Å². The number of nitrogens with two attached hydrogens (primary N) is 3. The molecule has 0 aliphatic heterocycles. The van der Waals surface area contributed by atoms with Gasteiger partial charge in [-0.05, 0) is 79.1 Å². The van der Waals surface area contributed by atoms with Crippen LogP contribution in [0, 0.1) is 5.92 Å². The Bertz CT molecular complexity index is 1620. The maximum atomic E-state index is 13.9. The number of rotatable bonds is 20. The Morgan fingerprint density at radius 1 is 0.596 bits per heavy atom. The van der Waals surface area contributed by atoms with Crippen molar-refractivity contribution in [3.05, 3.63) is 95.6 Å². The number of carbonyl (C=O) groups excluding carboxylic acids is 5. The number of amides is 5. The first-order valence-electron chi connectivity index (χ1n) is 17.3. The molecule has 0 aliphatic rings. The van der Waals surface area contributed by atoms with Crippen molar-refractivity contribution in [2.45, 2.75) is 82.6 Å². The summed E-state index contributed by atoms with van der Waals surface area (Å²) in [5, 5.41) is 30.3. The summed E-state index contributed by atoms with van der Waals surface area (Å²) < 4.78 is 0. The Kier molecular flexibility index (Phi) is 16.1. The fourth-order valence-electron chi connectivity index (χ4n) is 5.49. The molecule has 3 rings (SSSR count). The fraction of sp³-hybridized carbons (Fsp3) is 0.395. The Labute approximate surface area is 303 Å². The van der Waals surface area contributed by atoms with Gasteiger partial charge in [-0.25, -0.2) is 0 Å². The molecule has 0 aliphatic carbocycles. The largest absolute Gasteiger partial charge is 0.508 e. The van der Waals surface area contributed by atoms with Gasteiger partial charge in [-0.15, -0.1) is 0 Å². The van der Waals surface area contributed by atoms with Gasteiger partial charge in [0.2, 0.25) is 29.5 Å². The zero-order chi connectivity index (χ0) is 38.2. The molecule has 0 fully saturated rings. The minimum absolute atomic E-state index is 0.0102. The molecule has 12 N–H and O–H groups in total. The first-order valence-corrected chi connectivity index (χ1v) is 17.3. The highest BCUT2D eigenvalue weighted by molar-refractivity contribution is 5.96. The SMILES string of the molecule is CC(C)[C@H](NC(=O)[C@H](Cc1ccc(O)cc1)NC(=O)[C@@H](N)Cc1ccccc1)C(=O)N[C@@H](Cc1ccc(O)cc1)C(=O)N[C@@H](CCCCN)C(N)=O. The van der Waals surface area contributed by atoms with Crippen LogP contribution < -0.4 is 38.5 Å². The molecule has 0 saturated heterocycles. The second-order valence-corrected chi connectivity index (χ2v) is 13.1. The molecule has 14 heteroatoms. The summed E-state index contributed by atoms with van der Waals surface area (Å²) in [4.78, 5) is 66.8. The van der Waals surface area contributed by atoms with Crippen LogP contribution in [0.3, 0.4) is 0 Å². The van der Waals surface area contributed by atoms with E-state index in [2.05, 4.69) is 21.3 Å². The number of aromatic hydroxyl groups is 2. The van der Waals surface area contributed by atoms with Gasteiger partial charge in [-0.2, -0.15) is 0 Å². The molecule has 0 unspecified atom stereocenters. The van der Waals surface area contributed by atoms with Crippen LogP contribution in [0.5, 0.6) is 11.5 Å². The van der Waals surface area contributed by atoms with Crippen molar-refractivity contribution in [2.75, 3.05) is 6.54 Å². The summed E-state index contributed by atoms with van der Waals surface area (Å²) >= 11 is 0. The fourth-order valence-corrected chi connectivity index (χ4v) is 5.49. The molecule has 0 saturated carbocycles. The zero-order valence-corrected chi connectivity index (χ0v) is 29.6. The van der Waals surface area contributed by atoms with Gasteiger partial charge >= 0.3 is 0 Å². The van der Waals surface area contributed by atoms with Crippen molar-refractivity contribution >= 4 is 29.5 Å². The van der Waals surface area contributed by atoms with E-state index in [0.717, 1.165) is 5.56 Å². The first kappa shape index (κ1) is 41.0. The summed E-state index contributed by atoms with van der Waals surface area (Å²) in [5.74, 6) is -3.77. The third kappa shape index (κ3) is 13.3. The molecule has 0 aromatic heterocycles. The number of hydrogen-bond donors (Lipinski definition) is 9. The number of phenols is 2. The highest BCUT2D eigenvalue weighted by atomic mass is 16.3. The average molecular weight is 718 g/mol. The summed E-state index contributed by atoms with van der Waals surface area (Å²) in [6, 6.07) is 15.9. The maximum Gasteiger partial charge on any atom is 0.243 e. The lowest BCUT2D eigenvalue weighted by Crippen LogP contribution is -2.60. The van der Waals surface area contributed by atoms with Crippen LogP contribution in [0.1, 0.15) is 49.8 Å². The molecule has 5 atom stereocenters. The van der Waals surface area contributed by atoms with Gasteiger partial charge in [0, 0.05) is 12.8 Å². The van der Waals surface area contributed by atoms with E-state index in [-0.39, 0.29) is 37.2 Å². The number of unbranched alkanes of at least 4 members (excludes halogenated alkanes) is 1. The van der Waals surface area contributed by atoms with E-state index in [1.54, 1.807) is 38.1 Å². The number of carbonyl (C=O) groups is 5. The van der Waals surface area contributed by atoms with Crippen LogP contribution in [0.25, 0.3) is 0 Å². The third-order valence-electron chi connectivity index (χ3n) is 8.51. The molecule has 280 valence electrons. The molecule has 0 heterocycles. The number of primary amides is 1. The first-order chi connectivity index (χ1) is 24.8. The molecule has 14 nitrogen and oxygen atoms in total. The normalized spacial score (nSPS) is 13.9. The lowest BCUT2D eigenvalue weighted by Gasteiger charge is -2.28. The molecule has 52 heavy (non-hydrogen) atoms. The van der Waals surface area contributed by atoms with Crippen molar-refractivity contribution in [1.29, 1.82) is 0 Å². The molecule has 0 spiro atoms. The van der Waals surface area contributed by atoms with Gasteiger partial charge in [0.1, 0.15) is 35.7 Å². The van der Waals surface area contributed by atoms with Gasteiger partial charge < -0.3 is 48.7 Å². The standard InChI is InChI=1S/C38H51N7O7/c1-23(2)33(38(52)44-31(21-25-11-15-27(46)16-12-25)36(50)42-30(34(41)48)10-6-7-19-39)45-37(51)32(22-26-13-17-28(47)18-14-26)43-35(49)29(40)20-24-8-4-3-5-9-24/h3-5,8-9,11-18,23,29-33,46-47H,6-7,10,19-22,39-40H2,1-2H3,(H2,41,48)(H,42,50)(H,43,49)(H,44,52)(H,45,51)/t29-,30-,31-,32-,33-/m0/s1. The van der Waals surface area contributed by atoms with Crippen molar-refractivity contribution in [3.63, 3.8) is 0 Å². The Morgan fingerprint density at radius 2 is 1.06 bits per heavy atom. The van der Waals surface area contributed by atoms with Crippen molar-refractivity contribution in [1.82, 2.24) is 21.3 Å². The van der Waals surface area contributed by atoms with E-state index in [0.29, 0.717) is 30.5 Å². The average Bonchev–Trinajstić information content (AvgIpc) is 3.11. The topological polar surface area (TPSA) is 252 Å². The van der Waals surface area contributed by atoms with E-state index in [4.69, 9.17) is 17.2 Å². The molecule has 0 radical (unpaired) electrons. The predicted octanol–water partition coefficient (Wildman–Crippen LogP) is 0.663. The molecule has 5 amide bonds. The van der Waals surface area contributed by atoms with Gasteiger partial charge in [0.15, 0.2) is 0 Å². The van der Waals surface area contributed by atoms with Crippen LogP contribution in [-0.2, 0) is 43.2 Å². The lowest BCUT2D eigenvalue weighted by molar-refractivity contribution is -0.135. The van der Waals surface area contributed by atoms with Crippen LogP contribution >= 0.6 is 0 Å². The summed E-state index contributed by atoms with van der Waals surface area (Å²) in [5.41, 5.74) is 19.4. The molecular weight excluding hydrogens is 666 g/mol. The second kappa shape index (κ2) is 20.4. The monoisotopic (exact) mass is 717 g/mol. The maximum absolute atomic E-state index is 13.9. The van der Waals surface area contributed by atoms with E-state index >= 15 is 0 Å². The third-order valence-corrected chi connectivity index (χ3v) is 8.51. The van der Waals surface area contributed by atoms with E-state index in [9.17, 15) is 34.2 Å². The number of nitrogens with one attached hydrogen (secondary N) is 4. The summed E-state index contributed by atoms with van der Waals surface area (Å²) in [6.45, 7) is 3.83. The van der Waals surface area contributed by atoms with Crippen LogP contribution in [-0.4, -0.2) is 76.5 Å². The van der Waals surface area contributed by atoms with Gasteiger partial charge in [0.25, 0.3) is 0 Å². The van der Waals surface area contributed by atoms with Crippen molar-refractivity contribution in [3.8, 4) is 11.5 Å². The molecule has 3 aromatic rings. The molecular formula is C38H51N7O7. The number of phenolic OH excluding ortho intramolecular Hbond substituents is 2. The number of hydrogen-bond acceptors (Lipinski definition) is 9. The highest BCUT2D eigenvalue weighted by Gasteiger charge is 2.33. The zero-order valence-electron chi connectivity index (χ0n) is 29.6.